The summed E-state index contributed by atoms with van der Waals surface area (Å²) in [6.07, 6.45) is 6.19. The molecule has 0 bridgehead atoms. The first-order chi connectivity index (χ1) is 8.16. The van der Waals surface area contributed by atoms with Gasteiger partial charge in [0, 0.05) is 37.4 Å². The molecule has 17 heavy (non-hydrogen) atoms. The van der Waals surface area contributed by atoms with Crippen LogP contribution in [0.1, 0.15) is 31.7 Å². The van der Waals surface area contributed by atoms with Crippen molar-refractivity contribution in [3.05, 3.63) is 30.1 Å². The van der Waals surface area contributed by atoms with Crippen molar-refractivity contribution in [1.82, 2.24) is 9.88 Å². The molecule has 1 aliphatic rings. The standard InChI is InChI=1S/C13H19N3O/c1-10(14)8-13(17)16(12-2-3-12)9-11-4-6-15-7-5-11/h4-7,10,12H,2-3,8-9,14H2,1H3/t10-/m0/s1. The third kappa shape index (κ3) is 3.53. The van der Waals surface area contributed by atoms with Gasteiger partial charge in [0.2, 0.25) is 5.91 Å². The van der Waals surface area contributed by atoms with Crippen LogP contribution in [0.2, 0.25) is 0 Å². The number of hydrogen-bond acceptors (Lipinski definition) is 3. The van der Waals surface area contributed by atoms with Gasteiger partial charge < -0.3 is 10.6 Å². The fourth-order valence-corrected chi connectivity index (χ4v) is 1.88. The number of amides is 1. The predicted octanol–water partition coefficient (Wildman–Crippen LogP) is 1.31. The Balaban J connectivity index is 2.00. The highest BCUT2D eigenvalue weighted by Gasteiger charge is 2.32. The fourth-order valence-electron chi connectivity index (χ4n) is 1.88. The first kappa shape index (κ1) is 12.0. The minimum atomic E-state index is -0.0683. The topological polar surface area (TPSA) is 59.2 Å². The molecule has 92 valence electrons. The molecule has 0 unspecified atom stereocenters. The highest BCUT2D eigenvalue weighted by atomic mass is 16.2. The van der Waals surface area contributed by atoms with Crippen LogP contribution in [-0.4, -0.2) is 27.9 Å². The van der Waals surface area contributed by atoms with Crippen LogP contribution in [0.25, 0.3) is 0 Å². The average Bonchev–Trinajstić information content (AvgIpc) is 3.10. The van der Waals surface area contributed by atoms with Crippen molar-refractivity contribution in [1.29, 1.82) is 0 Å². The van der Waals surface area contributed by atoms with Crippen LogP contribution in [0.15, 0.2) is 24.5 Å². The second kappa shape index (κ2) is 5.27. The van der Waals surface area contributed by atoms with Crippen LogP contribution in [0.3, 0.4) is 0 Å². The maximum atomic E-state index is 12.1. The van der Waals surface area contributed by atoms with Gasteiger partial charge in [-0.1, -0.05) is 0 Å². The number of hydrogen-bond donors (Lipinski definition) is 1. The van der Waals surface area contributed by atoms with Gasteiger partial charge in [-0.05, 0) is 37.5 Å². The van der Waals surface area contributed by atoms with Crippen molar-refractivity contribution in [3.8, 4) is 0 Å². The zero-order valence-corrected chi connectivity index (χ0v) is 10.2. The molecule has 0 spiro atoms. The summed E-state index contributed by atoms with van der Waals surface area (Å²) in [7, 11) is 0. The molecular formula is C13H19N3O. The van der Waals surface area contributed by atoms with E-state index in [0.29, 0.717) is 19.0 Å². The molecule has 4 heteroatoms. The van der Waals surface area contributed by atoms with E-state index in [0.717, 1.165) is 18.4 Å². The van der Waals surface area contributed by atoms with Crippen LogP contribution >= 0.6 is 0 Å². The Labute approximate surface area is 102 Å². The van der Waals surface area contributed by atoms with Gasteiger partial charge in [-0.2, -0.15) is 0 Å². The molecule has 0 aliphatic heterocycles. The molecule has 1 fully saturated rings. The van der Waals surface area contributed by atoms with Gasteiger partial charge in [-0.15, -0.1) is 0 Å². The van der Waals surface area contributed by atoms with Crippen LogP contribution in [-0.2, 0) is 11.3 Å². The van der Waals surface area contributed by atoms with E-state index in [1.165, 1.54) is 0 Å². The van der Waals surface area contributed by atoms with Gasteiger partial charge >= 0.3 is 0 Å². The van der Waals surface area contributed by atoms with Gasteiger partial charge in [0.15, 0.2) is 0 Å². The maximum absolute atomic E-state index is 12.1. The molecule has 1 heterocycles. The van der Waals surface area contributed by atoms with Crippen molar-refractivity contribution < 1.29 is 4.79 Å². The lowest BCUT2D eigenvalue weighted by Gasteiger charge is -2.23. The maximum Gasteiger partial charge on any atom is 0.224 e. The summed E-state index contributed by atoms with van der Waals surface area (Å²) < 4.78 is 0. The summed E-state index contributed by atoms with van der Waals surface area (Å²) in [5, 5.41) is 0. The zero-order valence-electron chi connectivity index (χ0n) is 10.2. The number of aromatic nitrogens is 1. The number of pyridine rings is 1. The molecule has 1 saturated carbocycles. The van der Waals surface area contributed by atoms with Crippen LogP contribution < -0.4 is 5.73 Å². The summed E-state index contributed by atoms with van der Waals surface area (Å²) in [5.74, 6) is 0.166. The Morgan fingerprint density at radius 1 is 1.53 bits per heavy atom. The molecule has 1 atom stereocenters. The molecule has 1 aromatic rings. The van der Waals surface area contributed by atoms with E-state index in [1.807, 2.05) is 24.0 Å². The zero-order chi connectivity index (χ0) is 12.3. The fraction of sp³-hybridized carbons (Fsp3) is 0.538. The van der Waals surface area contributed by atoms with Crippen LogP contribution in [0, 0.1) is 0 Å². The second-order valence-electron chi connectivity index (χ2n) is 4.79. The molecule has 4 nitrogen and oxygen atoms in total. The molecule has 1 amide bonds. The molecule has 2 rings (SSSR count). The van der Waals surface area contributed by atoms with Crippen molar-refractivity contribution in [2.75, 3.05) is 0 Å². The highest BCUT2D eigenvalue weighted by molar-refractivity contribution is 5.77. The van der Waals surface area contributed by atoms with Crippen molar-refractivity contribution in [2.24, 2.45) is 5.73 Å². The Morgan fingerprint density at radius 2 is 2.18 bits per heavy atom. The average molecular weight is 233 g/mol. The molecule has 1 aliphatic carbocycles. The third-order valence-electron chi connectivity index (χ3n) is 2.91. The van der Waals surface area contributed by atoms with E-state index in [2.05, 4.69) is 4.98 Å². The summed E-state index contributed by atoms with van der Waals surface area (Å²) in [6.45, 7) is 2.55. The molecule has 1 aromatic heterocycles. The molecular weight excluding hydrogens is 214 g/mol. The Bertz CT molecular complexity index is 374. The summed E-state index contributed by atoms with van der Waals surface area (Å²) >= 11 is 0. The first-order valence-electron chi connectivity index (χ1n) is 6.11. The number of carbonyl (C=O) groups excluding carboxylic acids is 1. The van der Waals surface area contributed by atoms with E-state index in [-0.39, 0.29) is 11.9 Å². The van der Waals surface area contributed by atoms with Crippen molar-refractivity contribution in [3.63, 3.8) is 0 Å². The smallest absolute Gasteiger partial charge is 0.224 e. The van der Waals surface area contributed by atoms with Gasteiger partial charge in [-0.25, -0.2) is 0 Å². The monoisotopic (exact) mass is 233 g/mol. The Hall–Kier alpha value is -1.42. The minimum absolute atomic E-state index is 0.0683. The van der Waals surface area contributed by atoms with E-state index in [1.54, 1.807) is 12.4 Å². The number of nitrogens with two attached hydrogens (primary N) is 1. The first-order valence-corrected chi connectivity index (χ1v) is 6.11. The molecule has 0 saturated heterocycles. The lowest BCUT2D eigenvalue weighted by Crippen LogP contribution is -2.36. The van der Waals surface area contributed by atoms with Gasteiger partial charge in [0.05, 0.1) is 0 Å². The number of carbonyl (C=O) groups is 1. The van der Waals surface area contributed by atoms with Gasteiger partial charge in [0.25, 0.3) is 0 Å². The summed E-state index contributed by atoms with van der Waals surface area (Å²) in [6, 6.07) is 4.26. The predicted molar refractivity (Wildman–Crippen MR) is 66.1 cm³/mol. The molecule has 0 aromatic carbocycles. The summed E-state index contributed by atoms with van der Waals surface area (Å²) in [4.78, 5) is 18.0. The summed E-state index contributed by atoms with van der Waals surface area (Å²) in [5.41, 5.74) is 6.82. The van der Waals surface area contributed by atoms with Crippen molar-refractivity contribution >= 4 is 5.91 Å². The third-order valence-corrected chi connectivity index (χ3v) is 2.91. The Kier molecular flexibility index (Phi) is 3.74. The normalized spacial score (nSPS) is 16.6. The highest BCUT2D eigenvalue weighted by Crippen LogP contribution is 2.29. The van der Waals surface area contributed by atoms with E-state index in [4.69, 9.17) is 5.73 Å². The molecule has 2 N–H and O–H groups in total. The Morgan fingerprint density at radius 3 is 2.71 bits per heavy atom. The quantitative estimate of drug-likeness (QED) is 0.834. The van der Waals surface area contributed by atoms with Crippen molar-refractivity contribution in [2.45, 2.75) is 44.8 Å². The largest absolute Gasteiger partial charge is 0.335 e. The van der Waals surface area contributed by atoms with Crippen LogP contribution in [0.5, 0.6) is 0 Å². The van der Waals surface area contributed by atoms with Gasteiger partial charge in [0.1, 0.15) is 0 Å². The number of nitrogens with zero attached hydrogens (tertiary/aromatic N) is 2. The van der Waals surface area contributed by atoms with E-state index < -0.39 is 0 Å². The number of rotatable bonds is 5. The minimum Gasteiger partial charge on any atom is -0.335 e. The molecule has 0 radical (unpaired) electrons. The SMILES string of the molecule is C[C@H](N)CC(=O)N(Cc1ccncc1)C1CC1. The van der Waals surface area contributed by atoms with E-state index >= 15 is 0 Å². The lowest BCUT2D eigenvalue weighted by molar-refractivity contribution is -0.132. The van der Waals surface area contributed by atoms with Gasteiger partial charge in [-0.3, -0.25) is 9.78 Å². The van der Waals surface area contributed by atoms with Crippen LogP contribution in [0.4, 0.5) is 0 Å². The van der Waals surface area contributed by atoms with E-state index in [9.17, 15) is 4.79 Å². The lowest BCUT2D eigenvalue weighted by atomic mass is 10.2. The second-order valence-corrected chi connectivity index (χ2v) is 4.79.